The van der Waals surface area contributed by atoms with Crippen LogP contribution in [0.3, 0.4) is 0 Å². The Hall–Kier alpha value is -1.46. The molecule has 0 atom stereocenters. The van der Waals surface area contributed by atoms with Gasteiger partial charge in [0.2, 0.25) is 0 Å². The van der Waals surface area contributed by atoms with Gasteiger partial charge in [0, 0.05) is 26.2 Å². The molecular formula is C24H48N2O12. The molecule has 0 rings (SSSR count). The van der Waals surface area contributed by atoms with Crippen molar-refractivity contribution in [1.29, 1.82) is 0 Å². The Kier molecular flexibility index (Phi) is 28.9. The number of carboxylic acid groups (broad SMARTS) is 2. The van der Waals surface area contributed by atoms with Gasteiger partial charge in [-0.25, -0.2) is 0 Å². The number of carbonyl (C=O) groups is 2. The van der Waals surface area contributed by atoms with Crippen LogP contribution in [0.2, 0.25) is 0 Å². The lowest BCUT2D eigenvalue weighted by atomic mass is 10.4. The number of rotatable bonds is 32. The summed E-state index contributed by atoms with van der Waals surface area (Å²) in [7, 11) is 0. The van der Waals surface area contributed by atoms with E-state index in [1.807, 2.05) is 0 Å². The molecular weight excluding hydrogens is 508 g/mol. The average molecular weight is 557 g/mol. The van der Waals surface area contributed by atoms with Crippen molar-refractivity contribution >= 4 is 11.9 Å². The molecule has 0 aromatic carbocycles. The molecule has 0 aromatic rings. The van der Waals surface area contributed by atoms with Gasteiger partial charge in [0.05, 0.1) is 119 Å². The van der Waals surface area contributed by atoms with E-state index in [0.29, 0.717) is 99.0 Å². The predicted molar refractivity (Wildman–Crippen MR) is 137 cm³/mol. The summed E-state index contributed by atoms with van der Waals surface area (Å²) in [5.74, 6) is -1.76. The molecule has 0 fully saturated rings. The summed E-state index contributed by atoms with van der Waals surface area (Å²) in [6, 6.07) is 0. The van der Waals surface area contributed by atoms with Gasteiger partial charge in [-0.05, 0) is 0 Å². The molecule has 0 saturated heterocycles. The van der Waals surface area contributed by atoms with Gasteiger partial charge in [-0.3, -0.25) is 14.5 Å². The molecule has 0 aliphatic rings. The van der Waals surface area contributed by atoms with Gasteiger partial charge >= 0.3 is 11.9 Å². The lowest BCUT2D eigenvalue weighted by molar-refractivity contribution is -0.139. The van der Waals surface area contributed by atoms with Crippen LogP contribution in [0.15, 0.2) is 0 Å². The number of hydrogen-bond donors (Lipinski definition) is 3. The maximum atomic E-state index is 10.3. The van der Waals surface area contributed by atoms with Crippen LogP contribution in [0.1, 0.15) is 12.8 Å². The minimum absolute atomic E-state index is 0.00659. The van der Waals surface area contributed by atoms with Crippen LogP contribution in [-0.4, -0.2) is 159 Å². The Bertz CT molecular complexity index is 489. The molecule has 0 amide bonds. The first kappa shape index (κ1) is 36.5. The van der Waals surface area contributed by atoms with Crippen LogP contribution in [0.25, 0.3) is 0 Å². The van der Waals surface area contributed by atoms with Gasteiger partial charge in [-0.2, -0.15) is 0 Å². The van der Waals surface area contributed by atoms with Crippen LogP contribution in [0.5, 0.6) is 0 Å². The summed E-state index contributed by atoms with van der Waals surface area (Å²) >= 11 is 0. The van der Waals surface area contributed by atoms with E-state index in [-0.39, 0.29) is 26.1 Å². The summed E-state index contributed by atoms with van der Waals surface area (Å²) in [5, 5.41) is 17.0. The maximum Gasteiger partial charge on any atom is 0.305 e. The molecule has 0 spiro atoms. The quantitative estimate of drug-likeness (QED) is 0.0888. The van der Waals surface area contributed by atoms with E-state index in [1.54, 1.807) is 0 Å². The summed E-state index contributed by atoms with van der Waals surface area (Å²) < 4.78 is 43.0. The fraction of sp³-hybridized carbons (Fsp3) is 0.917. The monoisotopic (exact) mass is 556 g/mol. The van der Waals surface area contributed by atoms with Crippen LogP contribution >= 0.6 is 0 Å². The molecule has 0 aliphatic carbocycles. The summed E-state index contributed by atoms with van der Waals surface area (Å²) in [6.45, 7) is 9.59. The molecule has 0 heterocycles. The first-order valence-electron chi connectivity index (χ1n) is 13.0. The van der Waals surface area contributed by atoms with E-state index in [2.05, 4.69) is 4.90 Å². The molecule has 38 heavy (non-hydrogen) atoms. The zero-order valence-corrected chi connectivity index (χ0v) is 22.6. The zero-order chi connectivity index (χ0) is 27.9. The minimum Gasteiger partial charge on any atom is -0.481 e. The second-order valence-corrected chi connectivity index (χ2v) is 7.82. The number of aliphatic carboxylic acids is 2. The standard InChI is InChI=1S/C24H48N2O12/c25-3-4-26(5-9-33-13-17-37-21-19-35-15-11-31-7-1-23(27)28)6-10-34-14-18-38-22-20-36-16-12-32-8-2-24(29)30/h1-22,25H2,(H,27,28)(H,29,30). The summed E-state index contributed by atoms with van der Waals surface area (Å²) in [6.07, 6.45) is -0.0132. The molecule has 226 valence electrons. The summed E-state index contributed by atoms with van der Waals surface area (Å²) in [5.41, 5.74) is 5.69. The van der Waals surface area contributed by atoms with E-state index >= 15 is 0 Å². The molecule has 0 bridgehead atoms. The maximum absolute atomic E-state index is 10.3. The van der Waals surface area contributed by atoms with Crippen molar-refractivity contribution in [3.8, 4) is 0 Å². The van der Waals surface area contributed by atoms with Gasteiger partial charge in [0.15, 0.2) is 0 Å². The zero-order valence-electron chi connectivity index (χ0n) is 22.6. The van der Waals surface area contributed by atoms with Gasteiger partial charge in [-0.15, -0.1) is 0 Å². The third kappa shape index (κ3) is 30.8. The lowest BCUT2D eigenvalue weighted by Crippen LogP contribution is -2.35. The first-order chi connectivity index (χ1) is 18.6. The largest absolute Gasteiger partial charge is 0.481 e. The Labute approximate surface area is 225 Å². The van der Waals surface area contributed by atoms with E-state index in [4.69, 9.17) is 53.8 Å². The predicted octanol–water partition coefficient (Wildman–Crippen LogP) is -0.671. The van der Waals surface area contributed by atoms with Gasteiger partial charge in [-0.1, -0.05) is 0 Å². The Morgan fingerprint density at radius 2 is 0.711 bits per heavy atom. The molecule has 0 aliphatic heterocycles. The first-order valence-corrected chi connectivity index (χ1v) is 13.0. The van der Waals surface area contributed by atoms with E-state index in [9.17, 15) is 9.59 Å². The number of carboxylic acids is 2. The van der Waals surface area contributed by atoms with Crippen molar-refractivity contribution in [2.45, 2.75) is 12.8 Å². The smallest absolute Gasteiger partial charge is 0.305 e. The minimum atomic E-state index is -0.878. The highest BCUT2D eigenvalue weighted by molar-refractivity contribution is 5.67. The summed E-state index contributed by atoms with van der Waals surface area (Å²) in [4.78, 5) is 22.8. The molecule has 14 heteroatoms. The van der Waals surface area contributed by atoms with E-state index in [1.165, 1.54) is 0 Å². The van der Waals surface area contributed by atoms with Crippen molar-refractivity contribution in [2.75, 3.05) is 132 Å². The van der Waals surface area contributed by atoms with Gasteiger partial charge < -0.3 is 53.8 Å². The van der Waals surface area contributed by atoms with Crippen molar-refractivity contribution in [2.24, 2.45) is 5.73 Å². The van der Waals surface area contributed by atoms with Crippen molar-refractivity contribution < 1.29 is 57.7 Å². The van der Waals surface area contributed by atoms with Crippen LogP contribution < -0.4 is 5.73 Å². The second-order valence-electron chi connectivity index (χ2n) is 7.82. The molecule has 0 aromatic heterocycles. The molecule has 0 unspecified atom stereocenters. The van der Waals surface area contributed by atoms with E-state index in [0.717, 1.165) is 19.6 Å². The van der Waals surface area contributed by atoms with Crippen LogP contribution in [-0.2, 0) is 47.5 Å². The van der Waals surface area contributed by atoms with Gasteiger partial charge in [0.25, 0.3) is 0 Å². The van der Waals surface area contributed by atoms with Crippen LogP contribution in [0, 0.1) is 0 Å². The second kappa shape index (κ2) is 30.1. The van der Waals surface area contributed by atoms with E-state index < -0.39 is 11.9 Å². The highest BCUT2D eigenvalue weighted by atomic mass is 16.6. The number of ether oxygens (including phenoxy) is 8. The lowest BCUT2D eigenvalue weighted by Gasteiger charge is -2.21. The van der Waals surface area contributed by atoms with Crippen molar-refractivity contribution in [1.82, 2.24) is 4.90 Å². The Morgan fingerprint density at radius 1 is 0.447 bits per heavy atom. The topological polar surface area (TPSA) is 178 Å². The Morgan fingerprint density at radius 3 is 0.974 bits per heavy atom. The number of nitrogens with two attached hydrogens (primary N) is 1. The van der Waals surface area contributed by atoms with Crippen molar-refractivity contribution in [3.63, 3.8) is 0 Å². The fourth-order valence-corrected chi connectivity index (χ4v) is 2.75. The highest BCUT2D eigenvalue weighted by Gasteiger charge is 2.04. The molecule has 0 saturated carbocycles. The number of hydrogen-bond acceptors (Lipinski definition) is 12. The molecule has 14 nitrogen and oxygen atoms in total. The SMILES string of the molecule is NCCN(CCOCCOCCOCCOCCC(=O)O)CCOCCOCCOCCOCCC(=O)O. The third-order valence-corrected chi connectivity index (χ3v) is 4.70. The van der Waals surface area contributed by atoms with Gasteiger partial charge in [0.1, 0.15) is 0 Å². The third-order valence-electron chi connectivity index (χ3n) is 4.70. The molecule has 0 radical (unpaired) electrons. The number of nitrogens with zero attached hydrogens (tertiary/aromatic N) is 1. The highest BCUT2D eigenvalue weighted by Crippen LogP contribution is 1.91. The van der Waals surface area contributed by atoms with Crippen LogP contribution in [0.4, 0.5) is 0 Å². The fourth-order valence-electron chi connectivity index (χ4n) is 2.75. The van der Waals surface area contributed by atoms with Crippen molar-refractivity contribution in [3.05, 3.63) is 0 Å². The molecule has 4 N–H and O–H groups in total. The normalized spacial score (nSPS) is 11.4. The average Bonchev–Trinajstić information content (AvgIpc) is 2.88. The Balaban J connectivity index is 3.39.